The Morgan fingerprint density at radius 2 is 2.24 bits per heavy atom. The van der Waals surface area contributed by atoms with Gasteiger partial charge in [0.1, 0.15) is 5.01 Å². The van der Waals surface area contributed by atoms with E-state index in [2.05, 4.69) is 39.4 Å². The Morgan fingerprint density at radius 1 is 1.48 bits per heavy atom. The normalized spacial score (nSPS) is 13.0. The Morgan fingerprint density at radius 3 is 2.81 bits per heavy atom. The molecule has 2 amide bonds. The van der Waals surface area contributed by atoms with E-state index in [9.17, 15) is 4.79 Å². The van der Waals surface area contributed by atoms with Crippen LogP contribution in [0.4, 0.5) is 4.79 Å². The number of thiazole rings is 1. The van der Waals surface area contributed by atoms with Crippen molar-refractivity contribution >= 4 is 28.7 Å². The van der Waals surface area contributed by atoms with E-state index in [1.807, 2.05) is 27.0 Å². The number of hydrogen-bond acceptors (Lipinski definition) is 4. The molecule has 114 valence electrons. The Kier molecular flexibility index (Phi) is 5.00. The third-order valence-electron chi connectivity index (χ3n) is 3.26. The highest BCUT2D eigenvalue weighted by molar-refractivity contribution is 7.11. The minimum absolute atomic E-state index is 0.157. The second-order valence-electron chi connectivity index (χ2n) is 5.69. The van der Waals surface area contributed by atoms with Crippen molar-refractivity contribution in [3.05, 3.63) is 38.5 Å². The maximum Gasteiger partial charge on any atom is 0.315 e. The van der Waals surface area contributed by atoms with Gasteiger partial charge in [0.25, 0.3) is 0 Å². The van der Waals surface area contributed by atoms with Gasteiger partial charge in [-0.25, -0.2) is 9.78 Å². The molecule has 0 aromatic carbocycles. The maximum atomic E-state index is 12.1. The van der Waals surface area contributed by atoms with Crippen molar-refractivity contribution in [2.45, 2.75) is 39.2 Å². The molecule has 6 heteroatoms. The molecular weight excluding hydrogens is 302 g/mol. The van der Waals surface area contributed by atoms with Gasteiger partial charge in [0.15, 0.2) is 0 Å². The molecule has 0 aliphatic heterocycles. The largest absolute Gasteiger partial charge is 0.338 e. The molecule has 2 heterocycles. The molecule has 0 fully saturated rings. The molecule has 1 atom stereocenters. The van der Waals surface area contributed by atoms with Crippen LogP contribution in [0, 0.1) is 6.92 Å². The van der Waals surface area contributed by atoms with E-state index in [1.165, 1.54) is 5.56 Å². The maximum absolute atomic E-state index is 12.1. The summed E-state index contributed by atoms with van der Waals surface area (Å²) in [7, 11) is 0. The first-order valence-corrected chi connectivity index (χ1v) is 8.65. The standard InChI is InChI=1S/C15H21N3OS2/c1-10(12-5-6-20-9-12)7-17-14(19)18-15(3,4)13-16-8-11(2)21-13/h5-6,8-10H,7H2,1-4H3,(H2,17,18,19)/t10-/m1/s1. The molecular formula is C15H21N3OS2. The molecule has 0 bridgehead atoms. The second kappa shape index (κ2) is 6.58. The first-order chi connectivity index (χ1) is 9.88. The molecule has 21 heavy (non-hydrogen) atoms. The lowest BCUT2D eigenvalue weighted by atomic mass is 10.1. The average Bonchev–Trinajstić information content (AvgIpc) is 3.06. The summed E-state index contributed by atoms with van der Waals surface area (Å²) in [5, 5.41) is 11.0. The van der Waals surface area contributed by atoms with Crippen LogP contribution >= 0.6 is 22.7 Å². The zero-order valence-corrected chi connectivity index (χ0v) is 14.4. The fourth-order valence-corrected chi connectivity index (χ4v) is 3.55. The van der Waals surface area contributed by atoms with Gasteiger partial charge in [-0.05, 0) is 49.1 Å². The summed E-state index contributed by atoms with van der Waals surface area (Å²) in [5.41, 5.74) is 0.796. The highest BCUT2D eigenvalue weighted by Crippen LogP contribution is 2.24. The first kappa shape index (κ1) is 16.0. The van der Waals surface area contributed by atoms with E-state index >= 15 is 0 Å². The van der Waals surface area contributed by atoms with Crippen LogP contribution in [-0.2, 0) is 5.54 Å². The molecule has 0 saturated heterocycles. The van der Waals surface area contributed by atoms with E-state index in [4.69, 9.17) is 0 Å². The minimum Gasteiger partial charge on any atom is -0.338 e. The molecule has 0 aliphatic carbocycles. The van der Waals surface area contributed by atoms with Crippen molar-refractivity contribution in [1.82, 2.24) is 15.6 Å². The third-order valence-corrected chi connectivity index (χ3v) is 5.20. The van der Waals surface area contributed by atoms with Gasteiger partial charge in [0.2, 0.25) is 0 Å². The molecule has 2 rings (SSSR count). The second-order valence-corrected chi connectivity index (χ2v) is 7.71. The summed E-state index contributed by atoms with van der Waals surface area (Å²) in [4.78, 5) is 17.6. The Balaban J connectivity index is 1.86. The lowest BCUT2D eigenvalue weighted by Gasteiger charge is -2.24. The van der Waals surface area contributed by atoms with E-state index in [0.717, 1.165) is 9.88 Å². The first-order valence-electron chi connectivity index (χ1n) is 6.89. The number of nitrogens with one attached hydrogen (secondary N) is 2. The summed E-state index contributed by atoms with van der Waals surface area (Å²) in [6.07, 6.45) is 1.83. The van der Waals surface area contributed by atoms with Crippen LogP contribution in [-0.4, -0.2) is 17.6 Å². The molecule has 0 aliphatic rings. The highest BCUT2D eigenvalue weighted by atomic mass is 32.1. The van der Waals surface area contributed by atoms with Crippen LogP contribution in [0.1, 0.15) is 42.1 Å². The van der Waals surface area contributed by atoms with Gasteiger partial charge >= 0.3 is 6.03 Å². The summed E-state index contributed by atoms with van der Waals surface area (Å²) in [6.45, 7) is 8.67. The van der Waals surface area contributed by atoms with Gasteiger partial charge in [0.05, 0.1) is 5.54 Å². The van der Waals surface area contributed by atoms with Crippen molar-refractivity contribution in [2.75, 3.05) is 6.54 Å². The number of nitrogens with zero attached hydrogens (tertiary/aromatic N) is 1. The van der Waals surface area contributed by atoms with E-state index in [0.29, 0.717) is 12.5 Å². The Labute approximate surface area is 133 Å². The number of carbonyl (C=O) groups excluding carboxylic acids is 1. The van der Waals surface area contributed by atoms with Crippen molar-refractivity contribution in [3.63, 3.8) is 0 Å². The summed E-state index contributed by atoms with van der Waals surface area (Å²) in [6, 6.07) is 1.94. The van der Waals surface area contributed by atoms with E-state index < -0.39 is 5.54 Å². The number of amides is 2. The van der Waals surface area contributed by atoms with Crippen LogP contribution < -0.4 is 10.6 Å². The Bertz CT molecular complexity index is 590. The Hall–Kier alpha value is -1.40. The average molecular weight is 323 g/mol. The lowest BCUT2D eigenvalue weighted by molar-refractivity contribution is 0.229. The van der Waals surface area contributed by atoms with E-state index in [1.54, 1.807) is 22.7 Å². The van der Waals surface area contributed by atoms with Gasteiger partial charge in [-0.3, -0.25) is 0 Å². The zero-order valence-electron chi connectivity index (χ0n) is 12.8. The molecule has 0 unspecified atom stereocenters. The fourth-order valence-electron chi connectivity index (χ4n) is 1.94. The van der Waals surface area contributed by atoms with Crippen LogP contribution in [0.3, 0.4) is 0 Å². The van der Waals surface area contributed by atoms with Gasteiger partial charge in [-0.2, -0.15) is 11.3 Å². The smallest absolute Gasteiger partial charge is 0.315 e. The monoisotopic (exact) mass is 323 g/mol. The van der Waals surface area contributed by atoms with Crippen LogP contribution in [0.25, 0.3) is 0 Å². The summed E-state index contributed by atoms with van der Waals surface area (Å²) >= 11 is 3.28. The molecule has 2 aromatic heterocycles. The van der Waals surface area contributed by atoms with Crippen LogP contribution in [0.5, 0.6) is 0 Å². The number of thiophene rings is 1. The minimum atomic E-state index is -0.464. The molecule has 2 N–H and O–H groups in total. The summed E-state index contributed by atoms with van der Waals surface area (Å²) < 4.78 is 0. The quantitative estimate of drug-likeness (QED) is 0.878. The predicted molar refractivity (Wildman–Crippen MR) is 89.1 cm³/mol. The number of rotatable bonds is 5. The van der Waals surface area contributed by atoms with Gasteiger partial charge in [-0.15, -0.1) is 11.3 Å². The topological polar surface area (TPSA) is 54.0 Å². The van der Waals surface area contributed by atoms with Gasteiger partial charge < -0.3 is 10.6 Å². The summed E-state index contributed by atoms with van der Waals surface area (Å²) in [5.74, 6) is 0.312. The molecule has 0 radical (unpaired) electrons. The van der Waals surface area contributed by atoms with Crippen molar-refractivity contribution < 1.29 is 4.79 Å². The SMILES string of the molecule is Cc1cnc(C(C)(C)NC(=O)NC[C@@H](C)c2ccsc2)s1. The lowest BCUT2D eigenvalue weighted by Crippen LogP contribution is -2.47. The number of urea groups is 1. The third kappa shape index (κ3) is 4.28. The number of hydrogen-bond donors (Lipinski definition) is 2. The highest BCUT2D eigenvalue weighted by Gasteiger charge is 2.26. The van der Waals surface area contributed by atoms with Crippen molar-refractivity contribution in [1.29, 1.82) is 0 Å². The fraction of sp³-hybridized carbons (Fsp3) is 0.467. The van der Waals surface area contributed by atoms with Crippen LogP contribution in [0.15, 0.2) is 23.0 Å². The zero-order chi connectivity index (χ0) is 15.5. The predicted octanol–water partition coefficient (Wildman–Crippen LogP) is 3.85. The van der Waals surface area contributed by atoms with Gasteiger partial charge in [0, 0.05) is 17.6 Å². The molecule has 0 spiro atoms. The number of aromatic nitrogens is 1. The number of aryl methyl sites for hydroxylation is 1. The number of carbonyl (C=O) groups is 1. The van der Waals surface area contributed by atoms with Crippen LogP contribution in [0.2, 0.25) is 0 Å². The van der Waals surface area contributed by atoms with Crippen molar-refractivity contribution in [2.24, 2.45) is 0 Å². The molecule has 4 nitrogen and oxygen atoms in total. The van der Waals surface area contributed by atoms with E-state index in [-0.39, 0.29) is 6.03 Å². The van der Waals surface area contributed by atoms with Gasteiger partial charge in [-0.1, -0.05) is 6.92 Å². The molecule has 0 saturated carbocycles. The molecule has 2 aromatic rings. The van der Waals surface area contributed by atoms with Crippen molar-refractivity contribution in [3.8, 4) is 0 Å².